The van der Waals surface area contributed by atoms with Crippen molar-refractivity contribution in [3.8, 4) is 0 Å². The van der Waals surface area contributed by atoms with Crippen LogP contribution in [0.5, 0.6) is 0 Å². The summed E-state index contributed by atoms with van der Waals surface area (Å²) in [4.78, 5) is 26.9. The van der Waals surface area contributed by atoms with Crippen molar-refractivity contribution in [3.05, 3.63) is 53.9 Å². The largest absolute Gasteiger partial charge is 0.351 e. The molecule has 1 amide bonds. The minimum atomic E-state index is -0.142. The van der Waals surface area contributed by atoms with Crippen LogP contribution in [0.3, 0.4) is 0 Å². The van der Waals surface area contributed by atoms with Gasteiger partial charge in [0.1, 0.15) is 5.69 Å². The van der Waals surface area contributed by atoms with E-state index >= 15 is 0 Å². The predicted octanol–water partition coefficient (Wildman–Crippen LogP) is 2.21. The van der Waals surface area contributed by atoms with Gasteiger partial charge in [-0.2, -0.15) is 0 Å². The van der Waals surface area contributed by atoms with Gasteiger partial charge in [-0.1, -0.05) is 0 Å². The molecular formula is C19H25N5O. The first-order chi connectivity index (χ1) is 12.2. The third-order valence-corrected chi connectivity index (χ3v) is 4.61. The summed E-state index contributed by atoms with van der Waals surface area (Å²) >= 11 is 0. The van der Waals surface area contributed by atoms with Crippen molar-refractivity contribution in [2.45, 2.75) is 32.7 Å². The first-order valence-electron chi connectivity index (χ1n) is 8.89. The van der Waals surface area contributed by atoms with E-state index in [0.29, 0.717) is 18.2 Å². The van der Waals surface area contributed by atoms with E-state index in [4.69, 9.17) is 0 Å². The summed E-state index contributed by atoms with van der Waals surface area (Å²) in [5.74, 6) is 0.483. The standard InChI is InChI=1S/C19H25N5O/c1-15-11-23-18(12-22-15)19(25)21-9-6-16-3-2-10-24(13-16)14-17-4-7-20-8-5-17/h4-5,7-8,11-12,16H,2-3,6,9-10,13-14H2,1H3,(H,21,25)/t16-/m0/s1. The van der Waals surface area contributed by atoms with Crippen LogP contribution in [0.15, 0.2) is 36.9 Å². The molecule has 1 aliphatic heterocycles. The first-order valence-corrected chi connectivity index (χ1v) is 8.89. The maximum absolute atomic E-state index is 12.1. The van der Waals surface area contributed by atoms with Crippen molar-refractivity contribution < 1.29 is 4.79 Å². The van der Waals surface area contributed by atoms with Crippen molar-refractivity contribution in [1.29, 1.82) is 0 Å². The van der Waals surface area contributed by atoms with Crippen LogP contribution >= 0.6 is 0 Å². The number of rotatable bonds is 6. The number of hydrogen-bond acceptors (Lipinski definition) is 5. The number of nitrogens with zero attached hydrogens (tertiary/aromatic N) is 4. The SMILES string of the molecule is Cc1cnc(C(=O)NCC[C@@H]2CCCN(Cc3ccncc3)C2)cn1. The molecule has 1 fully saturated rings. The second-order valence-electron chi connectivity index (χ2n) is 6.69. The van der Waals surface area contributed by atoms with Crippen LogP contribution in [-0.2, 0) is 6.54 Å². The lowest BCUT2D eigenvalue weighted by molar-refractivity contribution is 0.0941. The van der Waals surface area contributed by atoms with E-state index in [1.165, 1.54) is 24.6 Å². The van der Waals surface area contributed by atoms with Gasteiger partial charge in [-0.25, -0.2) is 4.98 Å². The summed E-state index contributed by atoms with van der Waals surface area (Å²) < 4.78 is 0. The van der Waals surface area contributed by atoms with Crippen LogP contribution < -0.4 is 5.32 Å². The summed E-state index contributed by atoms with van der Waals surface area (Å²) in [6.45, 7) is 5.74. The number of hydrogen-bond donors (Lipinski definition) is 1. The smallest absolute Gasteiger partial charge is 0.271 e. The molecule has 0 saturated carbocycles. The number of amides is 1. The van der Waals surface area contributed by atoms with Crippen molar-refractivity contribution in [2.75, 3.05) is 19.6 Å². The van der Waals surface area contributed by atoms with Crippen molar-refractivity contribution in [2.24, 2.45) is 5.92 Å². The van der Waals surface area contributed by atoms with Gasteiger partial charge in [-0.3, -0.25) is 19.7 Å². The minimum absolute atomic E-state index is 0.142. The second kappa shape index (κ2) is 8.67. The molecule has 0 bridgehead atoms. The third-order valence-electron chi connectivity index (χ3n) is 4.61. The van der Waals surface area contributed by atoms with Gasteiger partial charge in [0, 0.05) is 38.2 Å². The molecule has 1 aliphatic rings. The minimum Gasteiger partial charge on any atom is -0.351 e. The number of aryl methyl sites for hydroxylation is 1. The molecule has 3 heterocycles. The summed E-state index contributed by atoms with van der Waals surface area (Å²) in [5, 5.41) is 2.96. The zero-order chi connectivity index (χ0) is 17.5. The zero-order valence-electron chi connectivity index (χ0n) is 14.7. The third kappa shape index (κ3) is 5.32. The molecule has 1 atom stereocenters. The van der Waals surface area contributed by atoms with Crippen LogP contribution in [0.4, 0.5) is 0 Å². The molecule has 2 aromatic rings. The van der Waals surface area contributed by atoms with Gasteiger partial charge < -0.3 is 5.32 Å². The molecule has 0 radical (unpaired) electrons. The fourth-order valence-corrected chi connectivity index (χ4v) is 3.27. The van der Waals surface area contributed by atoms with E-state index in [1.807, 2.05) is 19.3 Å². The fourth-order valence-electron chi connectivity index (χ4n) is 3.27. The lowest BCUT2D eigenvalue weighted by atomic mass is 9.94. The molecule has 6 heteroatoms. The second-order valence-corrected chi connectivity index (χ2v) is 6.69. The van der Waals surface area contributed by atoms with Gasteiger partial charge in [0.2, 0.25) is 0 Å². The lowest BCUT2D eigenvalue weighted by Crippen LogP contribution is -2.36. The van der Waals surface area contributed by atoms with E-state index in [9.17, 15) is 4.79 Å². The van der Waals surface area contributed by atoms with Crippen LogP contribution in [0.2, 0.25) is 0 Å². The molecular weight excluding hydrogens is 314 g/mol. The van der Waals surface area contributed by atoms with Crippen LogP contribution in [0, 0.1) is 12.8 Å². The zero-order valence-corrected chi connectivity index (χ0v) is 14.7. The molecule has 0 spiro atoms. The molecule has 6 nitrogen and oxygen atoms in total. The van der Waals surface area contributed by atoms with E-state index in [2.05, 4.69) is 37.3 Å². The summed E-state index contributed by atoms with van der Waals surface area (Å²) in [5.41, 5.74) is 2.50. The Hall–Kier alpha value is -2.34. The number of piperidine rings is 1. The molecule has 2 aromatic heterocycles. The van der Waals surface area contributed by atoms with Crippen molar-refractivity contribution in [3.63, 3.8) is 0 Å². The van der Waals surface area contributed by atoms with E-state index in [0.717, 1.165) is 31.7 Å². The molecule has 0 unspecified atom stereocenters. The Morgan fingerprint density at radius 3 is 2.88 bits per heavy atom. The summed E-state index contributed by atoms with van der Waals surface area (Å²) in [6.07, 6.45) is 10.3. The quantitative estimate of drug-likeness (QED) is 0.874. The number of nitrogens with one attached hydrogen (secondary N) is 1. The Morgan fingerprint density at radius 1 is 1.28 bits per heavy atom. The van der Waals surface area contributed by atoms with E-state index in [-0.39, 0.29) is 5.91 Å². The van der Waals surface area contributed by atoms with Gasteiger partial charge in [0.05, 0.1) is 11.9 Å². The Balaban J connectivity index is 1.42. The van der Waals surface area contributed by atoms with Crippen molar-refractivity contribution in [1.82, 2.24) is 25.2 Å². The monoisotopic (exact) mass is 339 g/mol. The van der Waals surface area contributed by atoms with Gasteiger partial charge >= 0.3 is 0 Å². The topological polar surface area (TPSA) is 71.0 Å². The molecule has 0 aliphatic carbocycles. The highest BCUT2D eigenvalue weighted by atomic mass is 16.1. The number of carbonyl (C=O) groups is 1. The molecule has 0 aromatic carbocycles. The maximum atomic E-state index is 12.1. The van der Waals surface area contributed by atoms with Crippen LogP contribution in [0.1, 0.15) is 41.0 Å². The first kappa shape index (κ1) is 17.5. The Labute approximate surface area is 148 Å². The average Bonchev–Trinajstić information content (AvgIpc) is 2.63. The lowest BCUT2D eigenvalue weighted by Gasteiger charge is -2.32. The average molecular weight is 339 g/mol. The van der Waals surface area contributed by atoms with Gasteiger partial charge in [0.25, 0.3) is 5.91 Å². The Bertz CT molecular complexity index is 674. The number of aromatic nitrogens is 3. The maximum Gasteiger partial charge on any atom is 0.271 e. The molecule has 1 saturated heterocycles. The predicted molar refractivity (Wildman–Crippen MR) is 96.0 cm³/mol. The molecule has 25 heavy (non-hydrogen) atoms. The Kier molecular flexibility index (Phi) is 6.06. The number of pyridine rings is 1. The Morgan fingerprint density at radius 2 is 2.12 bits per heavy atom. The molecule has 3 rings (SSSR count). The van der Waals surface area contributed by atoms with E-state index in [1.54, 1.807) is 6.20 Å². The van der Waals surface area contributed by atoms with Gasteiger partial charge in [-0.15, -0.1) is 0 Å². The molecule has 132 valence electrons. The fraction of sp³-hybridized carbons (Fsp3) is 0.474. The normalized spacial score (nSPS) is 18.0. The number of carbonyl (C=O) groups excluding carboxylic acids is 1. The number of likely N-dealkylation sites (tertiary alicyclic amines) is 1. The highest BCUT2D eigenvalue weighted by Gasteiger charge is 2.20. The van der Waals surface area contributed by atoms with Crippen molar-refractivity contribution >= 4 is 5.91 Å². The summed E-state index contributed by atoms with van der Waals surface area (Å²) in [6, 6.07) is 4.15. The van der Waals surface area contributed by atoms with Crippen LogP contribution in [-0.4, -0.2) is 45.4 Å². The highest BCUT2D eigenvalue weighted by molar-refractivity contribution is 5.91. The highest BCUT2D eigenvalue weighted by Crippen LogP contribution is 2.20. The van der Waals surface area contributed by atoms with Crippen LogP contribution in [0.25, 0.3) is 0 Å². The summed E-state index contributed by atoms with van der Waals surface area (Å²) in [7, 11) is 0. The molecule has 1 N–H and O–H groups in total. The van der Waals surface area contributed by atoms with Gasteiger partial charge in [-0.05, 0) is 56.3 Å². The van der Waals surface area contributed by atoms with E-state index < -0.39 is 0 Å². The van der Waals surface area contributed by atoms with Gasteiger partial charge in [0.15, 0.2) is 0 Å².